The summed E-state index contributed by atoms with van der Waals surface area (Å²) >= 11 is 0. The molecule has 1 N–H and O–H groups in total. The zero-order valence-electron chi connectivity index (χ0n) is 12.6. The van der Waals surface area contributed by atoms with Gasteiger partial charge in [-0.15, -0.1) is 0 Å². The SMILES string of the molecule is CCC1CCC(NC(C)c2ccccc2OC)C1C. The fourth-order valence-corrected chi connectivity index (χ4v) is 3.49. The Bertz CT molecular complexity index is 404. The Morgan fingerprint density at radius 1 is 1.32 bits per heavy atom. The van der Waals surface area contributed by atoms with Crippen molar-refractivity contribution in [2.24, 2.45) is 11.8 Å². The molecule has 1 fully saturated rings. The largest absolute Gasteiger partial charge is 0.496 e. The van der Waals surface area contributed by atoms with Crippen molar-refractivity contribution in [2.75, 3.05) is 7.11 Å². The van der Waals surface area contributed by atoms with Crippen molar-refractivity contribution in [3.05, 3.63) is 29.8 Å². The molecule has 0 bridgehead atoms. The first-order valence-corrected chi connectivity index (χ1v) is 7.56. The molecule has 106 valence electrons. The van der Waals surface area contributed by atoms with Crippen LogP contribution in [0.4, 0.5) is 0 Å². The fraction of sp³-hybridized carbons (Fsp3) is 0.647. The summed E-state index contributed by atoms with van der Waals surface area (Å²) in [5.74, 6) is 2.66. The minimum absolute atomic E-state index is 0.346. The minimum atomic E-state index is 0.346. The van der Waals surface area contributed by atoms with Crippen molar-refractivity contribution >= 4 is 0 Å². The van der Waals surface area contributed by atoms with Crippen molar-refractivity contribution in [3.8, 4) is 5.75 Å². The molecule has 0 saturated heterocycles. The highest BCUT2D eigenvalue weighted by atomic mass is 16.5. The van der Waals surface area contributed by atoms with Crippen LogP contribution in [0, 0.1) is 11.8 Å². The van der Waals surface area contributed by atoms with E-state index in [0.29, 0.717) is 12.1 Å². The predicted octanol–water partition coefficient (Wildman–Crippen LogP) is 4.17. The maximum Gasteiger partial charge on any atom is 0.123 e. The van der Waals surface area contributed by atoms with Crippen molar-refractivity contribution < 1.29 is 4.74 Å². The summed E-state index contributed by atoms with van der Waals surface area (Å²) in [6.07, 6.45) is 3.98. The van der Waals surface area contributed by atoms with Gasteiger partial charge in [0.05, 0.1) is 7.11 Å². The second-order valence-corrected chi connectivity index (χ2v) is 5.84. The molecule has 1 aliphatic carbocycles. The molecule has 0 heterocycles. The second kappa shape index (κ2) is 6.42. The molecule has 2 rings (SSSR count). The van der Waals surface area contributed by atoms with Crippen LogP contribution in [0.2, 0.25) is 0 Å². The van der Waals surface area contributed by atoms with Crippen LogP contribution in [0.15, 0.2) is 24.3 Å². The van der Waals surface area contributed by atoms with Gasteiger partial charge >= 0.3 is 0 Å². The first-order chi connectivity index (χ1) is 9.17. The van der Waals surface area contributed by atoms with Gasteiger partial charge in [-0.05, 0) is 37.7 Å². The molecular weight excluding hydrogens is 234 g/mol. The summed E-state index contributed by atoms with van der Waals surface area (Å²) in [6, 6.07) is 9.31. The third kappa shape index (κ3) is 3.11. The summed E-state index contributed by atoms with van der Waals surface area (Å²) in [4.78, 5) is 0. The molecule has 1 aromatic carbocycles. The Morgan fingerprint density at radius 3 is 2.68 bits per heavy atom. The average Bonchev–Trinajstić information content (AvgIpc) is 2.79. The van der Waals surface area contributed by atoms with E-state index >= 15 is 0 Å². The van der Waals surface area contributed by atoms with Crippen LogP contribution in [0.3, 0.4) is 0 Å². The molecular formula is C17H27NO. The summed E-state index contributed by atoms with van der Waals surface area (Å²) in [6.45, 7) is 6.95. The highest BCUT2D eigenvalue weighted by Crippen LogP contribution is 2.35. The Kier molecular flexibility index (Phi) is 4.87. The Morgan fingerprint density at radius 2 is 2.05 bits per heavy atom. The van der Waals surface area contributed by atoms with Crippen molar-refractivity contribution in [2.45, 2.75) is 52.1 Å². The highest BCUT2D eigenvalue weighted by Gasteiger charge is 2.32. The molecule has 1 saturated carbocycles. The van der Waals surface area contributed by atoms with Crippen LogP contribution in [-0.2, 0) is 0 Å². The van der Waals surface area contributed by atoms with Crippen LogP contribution >= 0.6 is 0 Å². The molecule has 0 spiro atoms. The molecule has 2 heteroatoms. The van der Waals surface area contributed by atoms with Gasteiger partial charge in [0, 0.05) is 17.6 Å². The maximum absolute atomic E-state index is 5.46. The van der Waals surface area contributed by atoms with Crippen LogP contribution in [-0.4, -0.2) is 13.2 Å². The van der Waals surface area contributed by atoms with Gasteiger partial charge in [0.1, 0.15) is 5.75 Å². The lowest BCUT2D eigenvalue weighted by Gasteiger charge is -2.26. The number of rotatable bonds is 5. The van der Waals surface area contributed by atoms with Gasteiger partial charge in [0.25, 0.3) is 0 Å². The molecule has 0 aromatic heterocycles. The zero-order chi connectivity index (χ0) is 13.8. The summed E-state index contributed by atoms with van der Waals surface area (Å²) < 4.78 is 5.46. The van der Waals surface area contributed by atoms with E-state index in [2.05, 4.69) is 38.2 Å². The van der Waals surface area contributed by atoms with Crippen LogP contribution in [0.1, 0.15) is 51.6 Å². The quantitative estimate of drug-likeness (QED) is 0.859. The third-order valence-corrected chi connectivity index (χ3v) is 4.82. The van der Waals surface area contributed by atoms with Gasteiger partial charge in [-0.1, -0.05) is 38.5 Å². The average molecular weight is 261 g/mol. The first kappa shape index (κ1) is 14.4. The topological polar surface area (TPSA) is 21.3 Å². The zero-order valence-corrected chi connectivity index (χ0v) is 12.6. The van der Waals surface area contributed by atoms with Gasteiger partial charge in [-0.25, -0.2) is 0 Å². The molecule has 19 heavy (non-hydrogen) atoms. The van der Waals surface area contributed by atoms with E-state index in [1.165, 1.54) is 24.8 Å². The van der Waals surface area contributed by atoms with Crippen molar-refractivity contribution in [3.63, 3.8) is 0 Å². The second-order valence-electron chi connectivity index (χ2n) is 5.84. The van der Waals surface area contributed by atoms with E-state index in [4.69, 9.17) is 4.74 Å². The van der Waals surface area contributed by atoms with Crippen LogP contribution < -0.4 is 10.1 Å². The van der Waals surface area contributed by atoms with Gasteiger partial charge in [-0.3, -0.25) is 0 Å². The maximum atomic E-state index is 5.46. The number of methoxy groups -OCH3 is 1. The molecule has 0 aliphatic heterocycles. The number of para-hydroxylation sites is 1. The summed E-state index contributed by atoms with van der Waals surface area (Å²) in [7, 11) is 1.75. The molecule has 1 aliphatic rings. The molecule has 0 radical (unpaired) electrons. The van der Waals surface area contributed by atoms with E-state index in [1.807, 2.05) is 12.1 Å². The molecule has 1 aromatic rings. The summed E-state index contributed by atoms with van der Waals surface area (Å²) in [5, 5.41) is 3.80. The van der Waals surface area contributed by atoms with Gasteiger partial charge in [0.2, 0.25) is 0 Å². The lowest BCUT2D eigenvalue weighted by molar-refractivity contribution is 0.323. The van der Waals surface area contributed by atoms with Crippen molar-refractivity contribution in [1.82, 2.24) is 5.32 Å². The smallest absolute Gasteiger partial charge is 0.123 e. The number of benzene rings is 1. The molecule has 2 nitrogen and oxygen atoms in total. The third-order valence-electron chi connectivity index (χ3n) is 4.82. The van der Waals surface area contributed by atoms with Crippen LogP contribution in [0.5, 0.6) is 5.75 Å². The number of hydrogen-bond donors (Lipinski definition) is 1. The van der Waals surface area contributed by atoms with Crippen molar-refractivity contribution in [1.29, 1.82) is 0 Å². The standard InChI is InChI=1S/C17H27NO/c1-5-14-10-11-16(12(14)2)18-13(3)15-8-6-7-9-17(15)19-4/h6-9,12-14,16,18H,5,10-11H2,1-4H3. The van der Waals surface area contributed by atoms with Crippen LogP contribution in [0.25, 0.3) is 0 Å². The number of hydrogen-bond acceptors (Lipinski definition) is 2. The summed E-state index contributed by atoms with van der Waals surface area (Å²) in [5.41, 5.74) is 1.26. The number of ether oxygens (including phenoxy) is 1. The monoisotopic (exact) mass is 261 g/mol. The Hall–Kier alpha value is -1.02. The molecule has 4 unspecified atom stereocenters. The lowest BCUT2D eigenvalue weighted by atomic mass is 9.93. The van der Waals surface area contributed by atoms with E-state index in [0.717, 1.165) is 17.6 Å². The van der Waals surface area contributed by atoms with E-state index < -0.39 is 0 Å². The predicted molar refractivity (Wildman–Crippen MR) is 80.5 cm³/mol. The highest BCUT2D eigenvalue weighted by molar-refractivity contribution is 5.35. The Labute approximate surface area is 117 Å². The fourth-order valence-electron chi connectivity index (χ4n) is 3.49. The van der Waals surface area contributed by atoms with Gasteiger partial charge in [-0.2, -0.15) is 0 Å². The Balaban J connectivity index is 2.03. The normalized spacial score (nSPS) is 28.3. The number of nitrogens with one attached hydrogen (secondary N) is 1. The van der Waals surface area contributed by atoms with E-state index in [9.17, 15) is 0 Å². The lowest BCUT2D eigenvalue weighted by Crippen LogP contribution is -2.34. The molecule has 0 amide bonds. The first-order valence-electron chi connectivity index (χ1n) is 7.56. The molecule has 4 atom stereocenters. The minimum Gasteiger partial charge on any atom is -0.496 e. The van der Waals surface area contributed by atoms with E-state index in [1.54, 1.807) is 7.11 Å². The van der Waals surface area contributed by atoms with Gasteiger partial charge < -0.3 is 10.1 Å². The van der Waals surface area contributed by atoms with E-state index in [-0.39, 0.29) is 0 Å². The van der Waals surface area contributed by atoms with Gasteiger partial charge in [0.15, 0.2) is 0 Å².